The molecule has 0 N–H and O–H groups in total. The second-order valence-corrected chi connectivity index (χ2v) is 4.93. The lowest BCUT2D eigenvalue weighted by molar-refractivity contribution is -0.0514. The van der Waals surface area contributed by atoms with Crippen LogP contribution in [0.3, 0.4) is 0 Å². The molecule has 1 aliphatic carbocycles. The third-order valence-electron chi connectivity index (χ3n) is 3.84. The first-order valence-electron chi connectivity index (χ1n) is 6.03. The number of ether oxygens (including phenoxy) is 1. The molecule has 1 fully saturated rings. The summed E-state index contributed by atoms with van der Waals surface area (Å²) in [6, 6.07) is 4.12. The molecule has 2 heteroatoms. The van der Waals surface area contributed by atoms with Crippen LogP contribution in [0.5, 0.6) is 0 Å². The van der Waals surface area contributed by atoms with Crippen molar-refractivity contribution in [3.8, 4) is 0 Å². The standard InChI is InChI=1S/C14H17NO/c1-10-4-5-11-7-13(10)14(16-9-11)12-3-2-6-15-8-12/h2-4,6,8,11,13-14H,5,7,9H2,1H3/t11-,13+,14-/m0/s1. The summed E-state index contributed by atoms with van der Waals surface area (Å²) in [5.74, 6) is 1.30. The molecule has 0 unspecified atom stereocenters. The van der Waals surface area contributed by atoms with E-state index in [1.54, 1.807) is 0 Å². The molecule has 1 aromatic rings. The van der Waals surface area contributed by atoms with Gasteiger partial charge in [-0.25, -0.2) is 0 Å². The van der Waals surface area contributed by atoms with Gasteiger partial charge in [-0.05, 0) is 37.3 Å². The van der Waals surface area contributed by atoms with Crippen molar-refractivity contribution in [2.45, 2.75) is 25.9 Å². The first-order chi connectivity index (χ1) is 7.84. The van der Waals surface area contributed by atoms with Gasteiger partial charge in [0.25, 0.3) is 0 Å². The van der Waals surface area contributed by atoms with Crippen LogP contribution in [0, 0.1) is 11.8 Å². The van der Waals surface area contributed by atoms with Gasteiger partial charge >= 0.3 is 0 Å². The van der Waals surface area contributed by atoms with Crippen LogP contribution in [-0.2, 0) is 4.74 Å². The zero-order chi connectivity index (χ0) is 11.0. The lowest BCUT2D eigenvalue weighted by atomic mass is 9.75. The lowest BCUT2D eigenvalue weighted by Gasteiger charge is -2.39. The number of aromatic nitrogens is 1. The molecule has 2 nitrogen and oxygen atoms in total. The quantitative estimate of drug-likeness (QED) is 0.671. The maximum Gasteiger partial charge on any atom is 0.0905 e. The molecule has 1 aromatic heterocycles. The molecule has 0 spiro atoms. The van der Waals surface area contributed by atoms with E-state index in [0.29, 0.717) is 5.92 Å². The molecule has 16 heavy (non-hydrogen) atoms. The molecule has 0 aromatic carbocycles. The molecule has 0 saturated carbocycles. The molecule has 1 saturated heterocycles. The fraction of sp³-hybridized carbons (Fsp3) is 0.500. The SMILES string of the molecule is CC1=CC[C@@H]2CO[C@@H](c3cccnc3)[C@@H]1C2. The number of pyridine rings is 1. The Bertz CT molecular complexity index is 398. The normalized spacial score (nSPS) is 33.3. The number of hydrogen-bond acceptors (Lipinski definition) is 2. The second kappa shape index (κ2) is 4.02. The van der Waals surface area contributed by atoms with E-state index in [2.05, 4.69) is 24.1 Å². The van der Waals surface area contributed by atoms with Crippen LogP contribution in [0.1, 0.15) is 31.4 Å². The van der Waals surface area contributed by atoms with Crippen molar-refractivity contribution in [2.24, 2.45) is 11.8 Å². The highest BCUT2D eigenvalue weighted by Crippen LogP contribution is 2.43. The Morgan fingerprint density at radius 1 is 1.44 bits per heavy atom. The summed E-state index contributed by atoms with van der Waals surface area (Å²) in [6.07, 6.45) is 8.85. The van der Waals surface area contributed by atoms with Crippen molar-refractivity contribution in [1.29, 1.82) is 0 Å². The van der Waals surface area contributed by atoms with E-state index in [0.717, 1.165) is 12.5 Å². The summed E-state index contributed by atoms with van der Waals surface area (Å²) in [5.41, 5.74) is 2.71. The van der Waals surface area contributed by atoms with Crippen LogP contribution in [0.15, 0.2) is 36.2 Å². The lowest BCUT2D eigenvalue weighted by Crippen LogP contribution is -2.32. The molecule has 0 radical (unpaired) electrons. The van der Waals surface area contributed by atoms with Crippen LogP contribution in [-0.4, -0.2) is 11.6 Å². The molecule has 3 atom stereocenters. The largest absolute Gasteiger partial charge is 0.373 e. The Kier molecular flexibility index (Phi) is 2.52. The zero-order valence-electron chi connectivity index (χ0n) is 9.60. The summed E-state index contributed by atoms with van der Waals surface area (Å²) >= 11 is 0. The third-order valence-corrected chi connectivity index (χ3v) is 3.84. The van der Waals surface area contributed by atoms with Gasteiger partial charge in [0, 0.05) is 18.3 Å². The topological polar surface area (TPSA) is 22.1 Å². The fourth-order valence-corrected chi connectivity index (χ4v) is 2.87. The van der Waals surface area contributed by atoms with Crippen molar-refractivity contribution in [2.75, 3.05) is 6.61 Å². The molecule has 2 aliphatic rings. The predicted octanol–water partition coefficient (Wildman–Crippen LogP) is 3.13. The molecule has 0 amide bonds. The molecule has 2 heterocycles. The molecular formula is C14H17NO. The maximum absolute atomic E-state index is 6.02. The molecule has 1 aliphatic heterocycles. The van der Waals surface area contributed by atoms with Crippen LogP contribution < -0.4 is 0 Å². The van der Waals surface area contributed by atoms with Crippen LogP contribution in [0.2, 0.25) is 0 Å². The van der Waals surface area contributed by atoms with E-state index in [1.807, 2.05) is 18.5 Å². The van der Waals surface area contributed by atoms with Gasteiger partial charge in [-0.3, -0.25) is 4.98 Å². The maximum atomic E-state index is 6.02. The van der Waals surface area contributed by atoms with Crippen molar-refractivity contribution in [3.63, 3.8) is 0 Å². The minimum atomic E-state index is 0.224. The van der Waals surface area contributed by atoms with Crippen molar-refractivity contribution in [3.05, 3.63) is 41.7 Å². The number of nitrogens with zero attached hydrogens (tertiary/aromatic N) is 1. The van der Waals surface area contributed by atoms with Gasteiger partial charge in [-0.1, -0.05) is 17.7 Å². The summed E-state index contributed by atoms with van der Waals surface area (Å²) in [4.78, 5) is 4.19. The monoisotopic (exact) mass is 215 g/mol. The molecule has 3 rings (SSSR count). The molecule has 2 bridgehead atoms. The number of allylic oxidation sites excluding steroid dienone is 1. The van der Waals surface area contributed by atoms with Crippen molar-refractivity contribution >= 4 is 0 Å². The van der Waals surface area contributed by atoms with E-state index in [-0.39, 0.29) is 6.10 Å². The van der Waals surface area contributed by atoms with Gasteiger partial charge in [-0.2, -0.15) is 0 Å². The van der Waals surface area contributed by atoms with Gasteiger partial charge in [-0.15, -0.1) is 0 Å². The summed E-state index contributed by atoms with van der Waals surface area (Å²) < 4.78 is 6.02. The highest BCUT2D eigenvalue weighted by molar-refractivity contribution is 5.21. The predicted molar refractivity (Wildman–Crippen MR) is 62.9 cm³/mol. The highest BCUT2D eigenvalue weighted by atomic mass is 16.5. The summed E-state index contributed by atoms with van der Waals surface area (Å²) in [5, 5.41) is 0. The zero-order valence-corrected chi connectivity index (χ0v) is 9.60. The summed E-state index contributed by atoms with van der Waals surface area (Å²) in [7, 11) is 0. The van der Waals surface area contributed by atoms with E-state index >= 15 is 0 Å². The average molecular weight is 215 g/mol. The summed E-state index contributed by atoms with van der Waals surface area (Å²) in [6.45, 7) is 3.14. The van der Waals surface area contributed by atoms with Gasteiger partial charge in [0.1, 0.15) is 0 Å². The van der Waals surface area contributed by atoms with E-state index in [4.69, 9.17) is 4.74 Å². The Morgan fingerprint density at radius 3 is 3.19 bits per heavy atom. The number of hydrogen-bond donors (Lipinski definition) is 0. The van der Waals surface area contributed by atoms with E-state index < -0.39 is 0 Å². The highest BCUT2D eigenvalue weighted by Gasteiger charge is 2.35. The van der Waals surface area contributed by atoms with E-state index in [9.17, 15) is 0 Å². The molecular weight excluding hydrogens is 198 g/mol. The van der Waals surface area contributed by atoms with Gasteiger partial charge in [0.15, 0.2) is 0 Å². The van der Waals surface area contributed by atoms with E-state index in [1.165, 1.54) is 24.0 Å². The Balaban J connectivity index is 1.91. The van der Waals surface area contributed by atoms with Crippen molar-refractivity contribution < 1.29 is 4.74 Å². The first-order valence-corrected chi connectivity index (χ1v) is 6.03. The second-order valence-electron chi connectivity index (χ2n) is 4.93. The van der Waals surface area contributed by atoms with Gasteiger partial charge in [0.05, 0.1) is 12.7 Å². The van der Waals surface area contributed by atoms with Gasteiger partial charge < -0.3 is 4.74 Å². The smallest absolute Gasteiger partial charge is 0.0905 e. The van der Waals surface area contributed by atoms with Crippen LogP contribution in [0.25, 0.3) is 0 Å². The fourth-order valence-electron chi connectivity index (χ4n) is 2.87. The van der Waals surface area contributed by atoms with Crippen molar-refractivity contribution in [1.82, 2.24) is 4.98 Å². The first kappa shape index (κ1) is 10.0. The van der Waals surface area contributed by atoms with Crippen LogP contribution in [0.4, 0.5) is 0 Å². The third kappa shape index (κ3) is 1.67. The van der Waals surface area contributed by atoms with Crippen LogP contribution >= 0.6 is 0 Å². The number of fused-ring (bicyclic) bond motifs is 2. The number of rotatable bonds is 1. The van der Waals surface area contributed by atoms with Gasteiger partial charge in [0.2, 0.25) is 0 Å². The Hall–Kier alpha value is -1.15. The Morgan fingerprint density at radius 2 is 2.38 bits per heavy atom. The minimum Gasteiger partial charge on any atom is -0.373 e. The Labute approximate surface area is 96.3 Å². The average Bonchev–Trinajstić information content (AvgIpc) is 2.36. The minimum absolute atomic E-state index is 0.224. The molecule has 84 valence electrons.